The van der Waals surface area contributed by atoms with Gasteiger partial charge in [-0.1, -0.05) is 29.3 Å². The van der Waals surface area contributed by atoms with Crippen LogP contribution in [-0.2, 0) is 4.74 Å². The third kappa shape index (κ3) is 4.79. The minimum Gasteiger partial charge on any atom is -0.497 e. The third-order valence-electron chi connectivity index (χ3n) is 4.78. The van der Waals surface area contributed by atoms with Crippen LogP contribution >= 0.6 is 15.9 Å². The first-order valence-corrected chi connectivity index (χ1v) is 10.5. The van der Waals surface area contributed by atoms with Crippen LogP contribution in [0.5, 0.6) is 5.75 Å². The van der Waals surface area contributed by atoms with Crippen LogP contribution in [0.15, 0.2) is 47.1 Å². The summed E-state index contributed by atoms with van der Waals surface area (Å²) in [6, 6.07) is 14.8. The minimum absolute atomic E-state index is 0.313. The van der Waals surface area contributed by atoms with E-state index < -0.39 is 6.09 Å². The number of halogens is 1. The number of nitriles is 2. The number of rotatable bonds is 6. The van der Waals surface area contributed by atoms with Crippen LogP contribution in [0.25, 0.3) is 22.6 Å². The van der Waals surface area contributed by atoms with E-state index in [1.54, 1.807) is 36.5 Å². The van der Waals surface area contributed by atoms with E-state index in [9.17, 15) is 15.3 Å². The van der Waals surface area contributed by atoms with Gasteiger partial charge in [0.05, 0.1) is 42.5 Å². The Morgan fingerprint density at radius 2 is 2.03 bits per heavy atom. The summed E-state index contributed by atoms with van der Waals surface area (Å²) in [6.45, 7) is 2.35. The Morgan fingerprint density at radius 3 is 2.71 bits per heavy atom. The van der Waals surface area contributed by atoms with Crippen molar-refractivity contribution in [2.45, 2.75) is 19.8 Å². The molecule has 0 N–H and O–H groups in total. The molecule has 156 valence electrons. The van der Waals surface area contributed by atoms with Crippen LogP contribution < -0.4 is 4.74 Å². The van der Waals surface area contributed by atoms with Crippen molar-refractivity contribution in [1.29, 1.82) is 10.5 Å². The molecule has 3 aromatic rings. The lowest BCUT2D eigenvalue weighted by Crippen LogP contribution is -2.13. The minimum atomic E-state index is -0.497. The van der Waals surface area contributed by atoms with Crippen molar-refractivity contribution >= 4 is 44.6 Å². The van der Waals surface area contributed by atoms with E-state index >= 15 is 0 Å². The third-order valence-corrected chi connectivity index (χ3v) is 5.27. The van der Waals surface area contributed by atoms with Gasteiger partial charge in [0.25, 0.3) is 0 Å². The highest BCUT2D eigenvalue weighted by atomic mass is 79.9. The molecule has 1 heterocycles. The van der Waals surface area contributed by atoms with Crippen molar-refractivity contribution in [3.63, 3.8) is 0 Å². The molecule has 31 heavy (non-hydrogen) atoms. The molecule has 0 radical (unpaired) electrons. The van der Waals surface area contributed by atoms with Crippen LogP contribution in [0.4, 0.5) is 4.79 Å². The van der Waals surface area contributed by atoms with Gasteiger partial charge < -0.3 is 9.47 Å². The number of fused-ring (bicyclic) bond motifs is 1. The summed E-state index contributed by atoms with van der Waals surface area (Å²) in [5.74, 6) is 0.576. The van der Waals surface area contributed by atoms with Crippen molar-refractivity contribution in [3.05, 3.63) is 63.8 Å². The summed E-state index contributed by atoms with van der Waals surface area (Å²) >= 11 is 3.46. The van der Waals surface area contributed by atoms with Crippen molar-refractivity contribution in [3.8, 4) is 17.9 Å². The number of carbonyl (C=O) groups is 1. The standard InChI is InChI=1S/C24H20BrN3O3/c1-3-4-9-31-24(29)28-15-22(21-12-19(25)6-8-23(21)28)18(14-27)10-17-11-20(30-2)7-5-16(17)13-26/h5-8,10-12,15H,3-4,9H2,1-2H3/b18-10+. The molecule has 0 atom stereocenters. The summed E-state index contributed by atoms with van der Waals surface area (Å²) < 4.78 is 12.8. The first-order chi connectivity index (χ1) is 15.0. The van der Waals surface area contributed by atoms with E-state index in [1.807, 2.05) is 19.1 Å². The number of aromatic nitrogens is 1. The summed E-state index contributed by atoms with van der Waals surface area (Å²) in [7, 11) is 1.54. The molecule has 0 fully saturated rings. The molecule has 0 amide bonds. The van der Waals surface area contributed by atoms with Gasteiger partial charge in [-0.15, -0.1) is 0 Å². The molecule has 0 saturated carbocycles. The fraction of sp³-hybridized carbons (Fsp3) is 0.208. The number of carbonyl (C=O) groups excluding carboxylic acids is 1. The zero-order valence-corrected chi connectivity index (χ0v) is 18.8. The van der Waals surface area contributed by atoms with Gasteiger partial charge in [-0.05, 0) is 54.5 Å². The Balaban J connectivity index is 2.16. The first kappa shape index (κ1) is 22.1. The molecular weight excluding hydrogens is 458 g/mol. The summed E-state index contributed by atoms with van der Waals surface area (Å²) in [4.78, 5) is 12.7. The van der Waals surface area contributed by atoms with Crippen LogP contribution in [0.2, 0.25) is 0 Å². The molecule has 0 saturated heterocycles. The van der Waals surface area contributed by atoms with Crippen LogP contribution in [0, 0.1) is 22.7 Å². The molecule has 0 aliphatic rings. The Morgan fingerprint density at radius 1 is 1.23 bits per heavy atom. The number of hydrogen-bond acceptors (Lipinski definition) is 5. The van der Waals surface area contributed by atoms with E-state index in [1.165, 1.54) is 11.7 Å². The number of hydrogen-bond donors (Lipinski definition) is 0. The van der Waals surface area contributed by atoms with Gasteiger partial charge in [0.2, 0.25) is 0 Å². The number of benzene rings is 2. The molecule has 1 aromatic heterocycles. The molecule has 2 aromatic carbocycles. The molecule has 7 heteroatoms. The maximum atomic E-state index is 12.7. The van der Waals surface area contributed by atoms with Gasteiger partial charge in [-0.25, -0.2) is 4.79 Å². The van der Waals surface area contributed by atoms with Gasteiger partial charge in [-0.2, -0.15) is 10.5 Å². The lowest BCUT2D eigenvalue weighted by atomic mass is 10.0. The second-order valence-electron chi connectivity index (χ2n) is 6.78. The normalized spacial score (nSPS) is 11.1. The van der Waals surface area contributed by atoms with E-state index in [2.05, 4.69) is 28.1 Å². The van der Waals surface area contributed by atoms with Crippen molar-refractivity contribution in [2.24, 2.45) is 0 Å². The molecular formula is C24H20BrN3O3. The van der Waals surface area contributed by atoms with Crippen LogP contribution in [-0.4, -0.2) is 24.4 Å². The van der Waals surface area contributed by atoms with E-state index in [-0.39, 0.29) is 0 Å². The fourth-order valence-corrected chi connectivity index (χ4v) is 3.52. The summed E-state index contributed by atoms with van der Waals surface area (Å²) in [6.07, 6.45) is 4.43. The smallest absolute Gasteiger partial charge is 0.418 e. The maximum absolute atomic E-state index is 12.7. The predicted molar refractivity (Wildman–Crippen MR) is 122 cm³/mol. The van der Waals surface area contributed by atoms with Crippen molar-refractivity contribution < 1.29 is 14.3 Å². The molecule has 0 aliphatic carbocycles. The van der Waals surface area contributed by atoms with Gasteiger partial charge in [-0.3, -0.25) is 4.57 Å². The molecule has 6 nitrogen and oxygen atoms in total. The zero-order valence-electron chi connectivity index (χ0n) is 17.2. The number of allylic oxidation sites excluding steroid dienone is 1. The van der Waals surface area contributed by atoms with E-state index in [4.69, 9.17) is 9.47 Å². The van der Waals surface area contributed by atoms with Crippen LogP contribution in [0.1, 0.15) is 36.5 Å². The van der Waals surface area contributed by atoms with Gasteiger partial charge >= 0.3 is 6.09 Å². The topological polar surface area (TPSA) is 88.0 Å². The zero-order chi connectivity index (χ0) is 22.4. The number of ether oxygens (including phenoxy) is 2. The average molecular weight is 478 g/mol. The number of nitrogens with zero attached hydrogens (tertiary/aromatic N) is 3. The van der Waals surface area contributed by atoms with Crippen molar-refractivity contribution in [2.75, 3.05) is 13.7 Å². The highest BCUT2D eigenvalue weighted by molar-refractivity contribution is 9.10. The highest BCUT2D eigenvalue weighted by Gasteiger charge is 2.18. The molecule has 0 spiro atoms. The SMILES string of the molecule is CCCCOC(=O)n1cc(/C(C#N)=C/c2cc(OC)ccc2C#N)c2cc(Br)ccc21. The van der Waals surface area contributed by atoms with Gasteiger partial charge in [0.15, 0.2) is 0 Å². The van der Waals surface area contributed by atoms with Gasteiger partial charge in [0.1, 0.15) is 5.75 Å². The quantitative estimate of drug-likeness (QED) is 0.314. The fourth-order valence-electron chi connectivity index (χ4n) is 3.16. The second-order valence-corrected chi connectivity index (χ2v) is 7.69. The number of methoxy groups -OCH3 is 1. The van der Waals surface area contributed by atoms with Gasteiger partial charge in [0, 0.05) is 21.6 Å². The predicted octanol–water partition coefficient (Wildman–Crippen LogP) is 6.13. The molecule has 3 rings (SSSR count). The monoisotopic (exact) mass is 477 g/mol. The van der Waals surface area contributed by atoms with Crippen LogP contribution in [0.3, 0.4) is 0 Å². The second kappa shape index (κ2) is 9.97. The Labute approximate surface area is 189 Å². The van der Waals surface area contributed by atoms with E-state index in [0.717, 1.165) is 22.7 Å². The number of unbranched alkanes of at least 4 members (excludes halogenated alkanes) is 1. The highest BCUT2D eigenvalue weighted by Crippen LogP contribution is 2.32. The Kier molecular flexibility index (Phi) is 7.12. The molecule has 0 aliphatic heterocycles. The summed E-state index contributed by atoms with van der Waals surface area (Å²) in [5.41, 5.74) is 2.48. The first-order valence-electron chi connectivity index (χ1n) is 9.70. The lowest BCUT2D eigenvalue weighted by Gasteiger charge is -2.05. The average Bonchev–Trinajstić information content (AvgIpc) is 3.15. The summed E-state index contributed by atoms with van der Waals surface area (Å²) in [5, 5.41) is 20.1. The Bertz CT molecular complexity index is 1250. The molecule has 0 bridgehead atoms. The van der Waals surface area contributed by atoms with E-state index in [0.29, 0.717) is 40.1 Å². The van der Waals surface area contributed by atoms with Crippen molar-refractivity contribution in [1.82, 2.24) is 4.57 Å². The maximum Gasteiger partial charge on any atom is 0.418 e. The Hall–Kier alpha value is -3.55. The largest absolute Gasteiger partial charge is 0.497 e. The lowest BCUT2D eigenvalue weighted by molar-refractivity contribution is 0.147. The molecule has 0 unspecified atom stereocenters.